The van der Waals surface area contributed by atoms with Crippen molar-refractivity contribution in [1.29, 1.82) is 0 Å². The number of hydrazone groups is 1. The SMILES string of the molecule is CO/N=C(\C)C1(Br)C(=O)N(c2ccc(Br)cc2)N=C1C(C)C. The molecular weight excluding hydrogens is 414 g/mol. The van der Waals surface area contributed by atoms with E-state index in [0.717, 1.165) is 4.47 Å². The fourth-order valence-electron chi connectivity index (χ4n) is 2.29. The van der Waals surface area contributed by atoms with Crippen molar-refractivity contribution in [3.8, 4) is 0 Å². The second-order valence-corrected chi connectivity index (χ2v) is 7.36. The van der Waals surface area contributed by atoms with Gasteiger partial charge >= 0.3 is 0 Å². The molecule has 1 unspecified atom stereocenters. The highest BCUT2D eigenvalue weighted by atomic mass is 79.9. The van der Waals surface area contributed by atoms with Crippen LogP contribution in [0.1, 0.15) is 20.8 Å². The molecule has 0 N–H and O–H groups in total. The zero-order chi connectivity index (χ0) is 16.5. The first kappa shape index (κ1) is 17.1. The lowest BCUT2D eigenvalue weighted by atomic mass is 9.90. The van der Waals surface area contributed by atoms with Crippen LogP contribution < -0.4 is 5.01 Å². The van der Waals surface area contributed by atoms with Crippen molar-refractivity contribution in [2.45, 2.75) is 25.1 Å². The van der Waals surface area contributed by atoms with Crippen molar-refractivity contribution >= 4 is 54.9 Å². The monoisotopic (exact) mass is 429 g/mol. The third kappa shape index (κ3) is 2.84. The van der Waals surface area contributed by atoms with Crippen LogP contribution in [0.4, 0.5) is 5.69 Å². The van der Waals surface area contributed by atoms with Gasteiger partial charge < -0.3 is 4.84 Å². The Morgan fingerprint density at radius 3 is 2.45 bits per heavy atom. The third-order valence-electron chi connectivity index (χ3n) is 3.39. The van der Waals surface area contributed by atoms with Crippen LogP contribution in [0.25, 0.3) is 0 Å². The molecule has 1 aliphatic heterocycles. The minimum atomic E-state index is -1.07. The highest BCUT2D eigenvalue weighted by Crippen LogP contribution is 2.37. The summed E-state index contributed by atoms with van der Waals surface area (Å²) in [4.78, 5) is 17.8. The van der Waals surface area contributed by atoms with Crippen molar-refractivity contribution in [3.63, 3.8) is 0 Å². The number of nitrogens with zero attached hydrogens (tertiary/aromatic N) is 3. The molecule has 5 nitrogen and oxygen atoms in total. The molecule has 1 aromatic rings. The molecule has 1 aliphatic rings. The van der Waals surface area contributed by atoms with Crippen molar-refractivity contribution in [2.24, 2.45) is 16.2 Å². The highest BCUT2D eigenvalue weighted by molar-refractivity contribution is 9.11. The van der Waals surface area contributed by atoms with Crippen LogP contribution in [0, 0.1) is 5.92 Å². The standard InChI is InChI=1S/C15H17Br2N3O2/c1-9(2)13-15(17,10(3)19-22-4)14(21)20(18-13)12-7-5-11(16)6-8-12/h5-9H,1-4H3/b19-10+. The second-order valence-electron chi connectivity index (χ2n) is 5.25. The van der Waals surface area contributed by atoms with Crippen LogP contribution in [0.2, 0.25) is 0 Å². The number of benzene rings is 1. The third-order valence-corrected chi connectivity index (χ3v) is 5.24. The topological polar surface area (TPSA) is 54.3 Å². The number of halogens is 2. The Bertz CT molecular complexity index is 641. The smallest absolute Gasteiger partial charge is 0.276 e. The molecule has 0 fully saturated rings. The van der Waals surface area contributed by atoms with Crippen LogP contribution >= 0.6 is 31.9 Å². The predicted octanol–water partition coefficient (Wildman–Crippen LogP) is 3.96. The molecule has 0 aliphatic carbocycles. The van der Waals surface area contributed by atoms with E-state index in [1.807, 2.05) is 38.1 Å². The Kier molecular flexibility index (Phi) is 5.07. The lowest BCUT2D eigenvalue weighted by Crippen LogP contribution is -2.48. The van der Waals surface area contributed by atoms with E-state index in [4.69, 9.17) is 4.84 Å². The molecule has 0 bridgehead atoms. The van der Waals surface area contributed by atoms with Gasteiger partial charge in [0.15, 0.2) is 4.32 Å². The first-order chi connectivity index (χ1) is 10.3. The normalized spacial score (nSPS) is 22.3. The summed E-state index contributed by atoms with van der Waals surface area (Å²) in [7, 11) is 1.46. The summed E-state index contributed by atoms with van der Waals surface area (Å²) in [6.45, 7) is 5.74. The number of amides is 1. The minimum absolute atomic E-state index is 0.0748. The molecule has 1 heterocycles. The largest absolute Gasteiger partial charge is 0.399 e. The molecular formula is C15H17Br2N3O2. The Morgan fingerprint density at radius 2 is 1.95 bits per heavy atom. The van der Waals surface area contributed by atoms with Gasteiger partial charge in [0.2, 0.25) is 0 Å². The number of alkyl halides is 1. The number of hydrogen-bond acceptors (Lipinski definition) is 4. The summed E-state index contributed by atoms with van der Waals surface area (Å²) in [6.07, 6.45) is 0. The van der Waals surface area contributed by atoms with Gasteiger partial charge in [0, 0.05) is 4.47 Å². The lowest BCUT2D eigenvalue weighted by molar-refractivity contribution is -0.117. The predicted molar refractivity (Wildman–Crippen MR) is 95.7 cm³/mol. The summed E-state index contributed by atoms with van der Waals surface area (Å²) in [6, 6.07) is 7.42. The van der Waals surface area contributed by atoms with E-state index in [1.165, 1.54) is 12.1 Å². The van der Waals surface area contributed by atoms with E-state index in [0.29, 0.717) is 17.1 Å². The molecule has 118 valence electrons. The Balaban J connectivity index is 2.51. The molecule has 0 aromatic heterocycles. The number of oxime groups is 1. The van der Waals surface area contributed by atoms with Gasteiger partial charge in [-0.2, -0.15) is 10.1 Å². The van der Waals surface area contributed by atoms with Crippen molar-refractivity contribution in [2.75, 3.05) is 12.1 Å². The molecule has 22 heavy (non-hydrogen) atoms. The van der Waals surface area contributed by atoms with Crippen molar-refractivity contribution < 1.29 is 9.63 Å². The van der Waals surface area contributed by atoms with E-state index in [2.05, 4.69) is 42.1 Å². The number of hydrogen-bond donors (Lipinski definition) is 0. The fraction of sp³-hybridized carbons (Fsp3) is 0.400. The molecule has 0 spiro atoms. The molecule has 1 atom stereocenters. The van der Waals surface area contributed by atoms with Gasteiger partial charge in [0.05, 0.1) is 17.1 Å². The molecule has 1 amide bonds. The number of carbonyl (C=O) groups excluding carboxylic acids is 1. The maximum Gasteiger partial charge on any atom is 0.276 e. The molecule has 1 aromatic carbocycles. The van der Waals surface area contributed by atoms with E-state index >= 15 is 0 Å². The molecule has 7 heteroatoms. The summed E-state index contributed by atoms with van der Waals surface area (Å²) in [5, 5.41) is 9.87. The van der Waals surface area contributed by atoms with Gasteiger partial charge in [-0.1, -0.05) is 50.9 Å². The van der Waals surface area contributed by atoms with Crippen LogP contribution in [0.3, 0.4) is 0 Å². The van der Waals surface area contributed by atoms with E-state index < -0.39 is 4.32 Å². The Labute approximate surface area is 146 Å². The van der Waals surface area contributed by atoms with Crippen LogP contribution in [-0.2, 0) is 9.63 Å². The molecule has 0 saturated carbocycles. The average Bonchev–Trinajstić information content (AvgIpc) is 2.74. The van der Waals surface area contributed by atoms with E-state index in [-0.39, 0.29) is 11.8 Å². The van der Waals surface area contributed by atoms with Crippen molar-refractivity contribution in [3.05, 3.63) is 28.7 Å². The van der Waals surface area contributed by atoms with Crippen LogP contribution in [0.15, 0.2) is 39.0 Å². The maximum absolute atomic E-state index is 13.0. The van der Waals surface area contributed by atoms with Gasteiger partial charge in [0.1, 0.15) is 7.11 Å². The van der Waals surface area contributed by atoms with Gasteiger partial charge in [-0.3, -0.25) is 4.79 Å². The van der Waals surface area contributed by atoms with Gasteiger partial charge in [-0.05, 0) is 37.1 Å². The van der Waals surface area contributed by atoms with Crippen LogP contribution in [-0.4, -0.2) is 28.8 Å². The van der Waals surface area contributed by atoms with Gasteiger partial charge in [0.25, 0.3) is 5.91 Å². The molecule has 0 saturated heterocycles. The van der Waals surface area contributed by atoms with Gasteiger partial charge in [-0.25, -0.2) is 0 Å². The Morgan fingerprint density at radius 1 is 1.36 bits per heavy atom. The summed E-state index contributed by atoms with van der Waals surface area (Å²) in [5.41, 5.74) is 1.93. The van der Waals surface area contributed by atoms with Gasteiger partial charge in [-0.15, -0.1) is 0 Å². The van der Waals surface area contributed by atoms with E-state index in [9.17, 15) is 4.79 Å². The summed E-state index contributed by atoms with van der Waals surface area (Å²) < 4.78 is -0.122. The maximum atomic E-state index is 13.0. The van der Waals surface area contributed by atoms with E-state index in [1.54, 1.807) is 6.92 Å². The summed E-state index contributed by atoms with van der Waals surface area (Å²) >= 11 is 6.94. The zero-order valence-corrected chi connectivity index (χ0v) is 16.0. The zero-order valence-electron chi connectivity index (χ0n) is 12.8. The first-order valence-electron chi connectivity index (χ1n) is 6.78. The first-order valence-corrected chi connectivity index (χ1v) is 8.37. The average molecular weight is 431 g/mol. The number of anilines is 1. The second kappa shape index (κ2) is 6.50. The molecule has 0 radical (unpaired) electrons. The number of rotatable bonds is 4. The van der Waals surface area contributed by atoms with Crippen molar-refractivity contribution in [1.82, 2.24) is 0 Å². The Hall–Kier alpha value is -1.21. The highest BCUT2D eigenvalue weighted by Gasteiger charge is 2.53. The lowest BCUT2D eigenvalue weighted by Gasteiger charge is -2.23. The van der Waals surface area contributed by atoms with Crippen LogP contribution in [0.5, 0.6) is 0 Å². The fourth-order valence-corrected chi connectivity index (χ4v) is 3.33. The summed E-state index contributed by atoms with van der Waals surface area (Å²) in [5.74, 6) is -0.123. The molecule has 2 rings (SSSR count). The number of carbonyl (C=O) groups is 1. The minimum Gasteiger partial charge on any atom is -0.399 e. The quantitative estimate of drug-likeness (QED) is 0.412.